The molecule has 0 heterocycles. The molecule has 0 aliphatic heterocycles. The molecule has 0 aromatic carbocycles. The van der Waals surface area contributed by atoms with E-state index >= 15 is 0 Å². The van der Waals surface area contributed by atoms with Crippen LogP contribution in [0.2, 0.25) is 0 Å². The van der Waals surface area contributed by atoms with Crippen molar-refractivity contribution in [1.82, 2.24) is 0 Å². The van der Waals surface area contributed by atoms with E-state index in [0.717, 1.165) is 65.8 Å². The van der Waals surface area contributed by atoms with Crippen LogP contribution in [-0.4, -0.2) is 24.9 Å². The second-order valence-electron chi connectivity index (χ2n) is 14.9. The van der Waals surface area contributed by atoms with Crippen molar-refractivity contribution in [3.8, 4) is 0 Å². The first-order valence-corrected chi connectivity index (χ1v) is 15.6. The minimum Gasteiger partial charge on any atom is -0.378 e. The molecule has 0 aromatic rings. The first-order valence-electron chi connectivity index (χ1n) is 15.6. The Hall–Kier alpha value is -0.0800. The molecule has 0 aromatic heterocycles. The number of rotatable bonds is 9. The van der Waals surface area contributed by atoms with Crippen molar-refractivity contribution in [2.75, 3.05) is 6.61 Å². The highest BCUT2D eigenvalue weighted by atomic mass is 16.5. The number of hydrogen-bond donors (Lipinski definition) is 0. The summed E-state index contributed by atoms with van der Waals surface area (Å²) in [7, 11) is 0. The van der Waals surface area contributed by atoms with E-state index in [1.807, 2.05) is 0 Å². The molecule has 6 aliphatic rings. The molecule has 0 radical (unpaired) electrons. The van der Waals surface area contributed by atoms with Crippen LogP contribution in [0.3, 0.4) is 0 Å². The van der Waals surface area contributed by atoms with Gasteiger partial charge in [0, 0.05) is 6.61 Å². The van der Waals surface area contributed by atoms with E-state index < -0.39 is 0 Å². The number of ether oxygens (including phenoxy) is 2. The summed E-state index contributed by atoms with van der Waals surface area (Å²) in [6.07, 6.45) is 17.6. The summed E-state index contributed by atoms with van der Waals surface area (Å²) >= 11 is 0. The average Bonchev–Trinajstić information content (AvgIpc) is 3.55. The van der Waals surface area contributed by atoms with Crippen LogP contribution >= 0.6 is 0 Å². The zero-order valence-corrected chi connectivity index (χ0v) is 23.0. The Balaban J connectivity index is 1.06. The molecule has 6 fully saturated rings. The fraction of sp³-hybridized carbons (Fsp3) is 1.00. The van der Waals surface area contributed by atoms with Gasteiger partial charge in [-0.25, -0.2) is 0 Å². The monoisotopic (exact) mass is 470 g/mol. The fourth-order valence-electron chi connectivity index (χ4n) is 10.6. The Morgan fingerprint density at radius 2 is 1.41 bits per heavy atom. The molecule has 6 rings (SSSR count). The summed E-state index contributed by atoms with van der Waals surface area (Å²) < 4.78 is 13.5. The third kappa shape index (κ3) is 4.44. The van der Waals surface area contributed by atoms with Crippen molar-refractivity contribution in [3.05, 3.63) is 0 Å². The summed E-state index contributed by atoms with van der Waals surface area (Å²) in [5.41, 5.74) is 0. The number of hydrogen-bond acceptors (Lipinski definition) is 2. The molecule has 2 nitrogen and oxygen atoms in total. The van der Waals surface area contributed by atoms with Gasteiger partial charge in [-0.15, -0.1) is 0 Å². The summed E-state index contributed by atoms with van der Waals surface area (Å²) in [6, 6.07) is 0. The minimum absolute atomic E-state index is 0.412. The number of fused-ring (bicyclic) bond motifs is 11. The zero-order chi connectivity index (χ0) is 23.6. The van der Waals surface area contributed by atoms with E-state index in [1.54, 1.807) is 0 Å². The van der Waals surface area contributed by atoms with Crippen LogP contribution in [-0.2, 0) is 9.47 Å². The van der Waals surface area contributed by atoms with E-state index in [2.05, 4.69) is 34.6 Å². The highest BCUT2D eigenvalue weighted by molar-refractivity contribution is 5.13. The predicted octanol–water partition coefficient (Wildman–Crippen LogP) is 7.99. The van der Waals surface area contributed by atoms with Gasteiger partial charge in [-0.1, -0.05) is 47.0 Å². The minimum atomic E-state index is 0.412. The highest BCUT2D eigenvalue weighted by Crippen LogP contribution is 2.69. The maximum Gasteiger partial charge on any atom is 0.0612 e. The van der Waals surface area contributed by atoms with Crippen molar-refractivity contribution < 1.29 is 9.47 Å². The molecular formula is C32H54O2. The maximum absolute atomic E-state index is 6.83. The van der Waals surface area contributed by atoms with E-state index in [0.29, 0.717) is 30.1 Å². The van der Waals surface area contributed by atoms with Crippen molar-refractivity contribution >= 4 is 0 Å². The van der Waals surface area contributed by atoms with Crippen LogP contribution in [0.25, 0.3) is 0 Å². The van der Waals surface area contributed by atoms with Crippen LogP contribution in [0.4, 0.5) is 0 Å². The van der Waals surface area contributed by atoms with Gasteiger partial charge in [0.05, 0.1) is 18.3 Å². The first kappa shape index (κ1) is 24.3. The molecule has 0 amide bonds. The summed E-state index contributed by atoms with van der Waals surface area (Å²) in [4.78, 5) is 0. The Kier molecular flexibility index (Phi) is 6.90. The van der Waals surface area contributed by atoms with E-state index in [9.17, 15) is 0 Å². The highest BCUT2D eigenvalue weighted by Gasteiger charge is 2.65. The lowest BCUT2D eigenvalue weighted by atomic mass is 9.65. The summed E-state index contributed by atoms with van der Waals surface area (Å²) in [6.45, 7) is 12.8. The molecule has 6 saturated carbocycles. The summed E-state index contributed by atoms with van der Waals surface area (Å²) in [5, 5.41) is 0. The molecule has 6 bridgehead atoms. The van der Waals surface area contributed by atoms with Crippen molar-refractivity contribution in [1.29, 1.82) is 0 Å². The van der Waals surface area contributed by atoms with Crippen LogP contribution in [0, 0.1) is 71.0 Å². The van der Waals surface area contributed by atoms with Crippen LogP contribution < -0.4 is 0 Å². The second-order valence-corrected chi connectivity index (χ2v) is 14.9. The van der Waals surface area contributed by atoms with E-state index in [1.165, 1.54) is 70.6 Å². The van der Waals surface area contributed by atoms with Crippen LogP contribution in [0.15, 0.2) is 0 Å². The third-order valence-electron chi connectivity index (χ3n) is 12.3. The quantitative estimate of drug-likeness (QED) is 0.318. The van der Waals surface area contributed by atoms with Crippen molar-refractivity contribution in [2.45, 2.75) is 124 Å². The van der Waals surface area contributed by atoms with Gasteiger partial charge >= 0.3 is 0 Å². The molecule has 0 spiro atoms. The average molecular weight is 471 g/mol. The molecule has 12 atom stereocenters. The van der Waals surface area contributed by atoms with E-state index in [4.69, 9.17) is 9.47 Å². The topological polar surface area (TPSA) is 18.5 Å². The predicted molar refractivity (Wildman–Crippen MR) is 139 cm³/mol. The normalized spacial score (nSPS) is 48.6. The van der Waals surface area contributed by atoms with Gasteiger partial charge in [0.25, 0.3) is 0 Å². The molecule has 6 aliphatic carbocycles. The van der Waals surface area contributed by atoms with E-state index in [-0.39, 0.29) is 0 Å². The molecule has 0 saturated heterocycles. The SMILES string of the molecule is CC(C)C(CC1CC2CC1C1C3CC(CC3O[C@@H](C)C(C)C)C21)OCC1CC2CCCC(C2)C1. The Morgan fingerprint density at radius 3 is 2.12 bits per heavy atom. The largest absolute Gasteiger partial charge is 0.378 e. The van der Waals surface area contributed by atoms with Gasteiger partial charge in [0.15, 0.2) is 0 Å². The van der Waals surface area contributed by atoms with Gasteiger partial charge in [-0.05, 0) is 129 Å². The molecule has 2 heteroatoms. The van der Waals surface area contributed by atoms with Crippen LogP contribution in [0.5, 0.6) is 0 Å². The first-order chi connectivity index (χ1) is 16.4. The Labute approximate surface area is 210 Å². The second kappa shape index (κ2) is 9.66. The van der Waals surface area contributed by atoms with Crippen molar-refractivity contribution in [3.63, 3.8) is 0 Å². The maximum atomic E-state index is 6.83. The lowest BCUT2D eigenvalue weighted by Gasteiger charge is -2.43. The molecular weight excluding hydrogens is 416 g/mol. The lowest BCUT2D eigenvalue weighted by Crippen LogP contribution is -2.41. The van der Waals surface area contributed by atoms with Gasteiger partial charge in [0.1, 0.15) is 0 Å². The van der Waals surface area contributed by atoms with Gasteiger partial charge in [0.2, 0.25) is 0 Å². The fourth-order valence-corrected chi connectivity index (χ4v) is 10.6. The summed E-state index contributed by atoms with van der Waals surface area (Å²) in [5.74, 6) is 11.0. The van der Waals surface area contributed by atoms with Crippen LogP contribution in [0.1, 0.15) is 105 Å². The zero-order valence-electron chi connectivity index (χ0n) is 23.0. The molecule has 0 N–H and O–H groups in total. The third-order valence-corrected chi connectivity index (χ3v) is 12.3. The standard InChI is InChI=1S/C32H54O2/c1-18(2)20(5)34-30-16-26-14-28(30)32-27-13-25(31(26)32)12-24(27)15-29(19(3)4)33-17-23-10-21-7-6-8-22(9-21)11-23/h18-32H,6-17H2,1-5H3/t20-,21?,22?,23?,24?,25?,26?,27?,28?,29?,30?,31?,32?/m0/s1. The Bertz CT molecular complexity index is 689. The molecule has 34 heavy (non-hydrogen) atoms. The van der Waals surface area contributed by atoms with Gasteiger partial charge < -0.3 is 9.47 Å². The Morgan fingerprint density at radius 1 is 0.706 bits per heavy atom. The molecule has 11 unspecified atom stereocenters. The lowest BCUT2D eigenvalue weighted by molar-refractivity contribution is -0.0862. The smallest absolute Gasteiger partial charge is 0.0612 e. The molecule has 194 valence electrons. The van der Waals surface area contributed by atoms with Gasteiger partial charge in [-0.2, -0.15) is 0 Å². The van der Waals surface area contributed by atoms with Crippen molar-refractivity contribution in [2.24, 2.45) is 71.0 Å². The van der Waals surface area contributed by atoms with Gasteiger partial charge in [-0.3, -0.25) is 0 Å².